The summed E-state index contributed by atoms with van der Waals surface area (Å²) in [4.78, 5) is 0. The van der Waals surface area contributed by atoms with Gasteiger partial charge in [0.15, 0.2) is 0 Å². The van der Waals surface area contributed by atoms with Crippen molar-refractivity contribution in [1.82, 2.24) is 0 Å². The van der Waals surface area contributed by atoms with Gasteiger partial charge in [-0.2, -0.15) is 0 Å². The third kappa shape index (κ3) is 1.98. The van der Waals surface area contributed by atoms with Gasteiger partial charge in [-0.15, -0.1) is 12.3 Å². The summed E-state index contributed by atoms with van der Waals surface area (Å²) >= 11 is 0. The molecule has 0 aliphatic carbocycles. The zero-order valence-electron chi connectivity index (χ0n) is 8.66. The number of aliphatic hydroxyl groups excluding tert-OH is 1. The Kier molecular flexibility index (Phi) is 2.94. The molecule has 15 heavy (non-hydrogen) atoms. The van der Waals surface area contributed by atoms with Crippen LogP contribution in [0.5, 0.6) is 0 Å². The van der Waals surface area contributed by atoms with Crippen molar-refractivity contribution in [2.24, 2.45) is 0 Å². The molecule has 2 rings (SSSR count). The zero-order chi connectivity index (χ0) is 10.7. The van der Waals surface area contributed by atoms with Crippen molar-refractivity contribution in [1.29, 1.82) is 0 Å². The second-order valence-electron chi connectivity index (χ2n) is 3.82. The van der Waals surface area contributed by atoms with Gasteiger partial charge in [-0.25, -0.2) is 0 Å². The standard InChI is InChI=1S/C13H15NO/c1-2-3-7-12(15)11-6-4-5-10-8-9-14-13(10)11/h1,4-6,12,14-15H,3,7-9H2. The Morgan fingerprint density at radius 2 is 2.40 bits per heavy atom. The van der Waals surface area contributed by atoms with E-state index < -0.39 is 6.10 Å². The number of benzene rings is 1. The molecule has 0 amide bonds. The maximum absolute atomic E-state index is 9.98. The van der Waals surface area contributed by atoms with Crippen LogP contribution in [0.2, 0.25) is 0 Å². The summed E-state index contributed by atoms with van der Waals surface area (Å²) in [6.07, 6.45) is 7.04. The lowest BCUT2D eigenvalue weighted by Gasteiger charge is -2.14. The van der Waals surface area contributed by atoms with Crippen molar-refractivity contribution in [2.75, 3.05) is 11.9 Å². The van der Waals surface area contributed by atoms with Gasteiger partial charge in [-0.05, 0) is 18.4 Å². The van der Waals surface area contributed by atoms with Crippen LogP contribution >= 0.6 is 0 Å². The SMILES string of the molecule is C#CCCC(O)c1cccc2c1NCC2. The molecule has 2 nitrogen and oxygen atoms in total. The maximum atomic E-state index is 9.98. The molecule has 1 heterocycles. The second kappa shape index (κ2) is 4.37. The van der Waals surface area contributed by atoms with Crippen molar-refractivity contribution >= 4 is 5.69 Å². The van der Waals surface area contributed by atoms with Crippen molar-refractivity contribution in [3.05, 3.63) is 29.3 Å². The highest BCUT2D eigenvalue weighted by atomic mass is 16.3. The van der Waals surface area contributed by atoms with Gasteiger partial charge in [0.25, 0.3) is 0 Å². The molecule has 78 valence electrons. The van der Waals surface area contributed by atoms with Gasteiger partial charge in [0, 0.05) is 24.2 Å². The Morgan fingerprint density at radius 1 is 1.53 bits per heavy atom. The predicted molar refractivity (Wildman–Crippen MR) is 61.7 cm³/mol. The fourth-order valence-corrected chi connectivity index (χ4v) is 2.02. The number of nitrogens with one attached hydrogen (secondary N) is 1. The summed E-state index contributed by atoms with van der Waals surface area (Å²) in [6.45, 7) is 0.966. The fourth-order valence-electron chi connectivity index (χ4n) is 2.02. The molecule has 1 atom stereocenters. The quantitative estimate of drug-likeness (QED) is 0.734. The smallest absolute Gasteiger partial charge is 0.0819 e. The lowest BCUT2D eigenvalue weighted by Crippen LogP contribution is -2.02. The minimum Gasteiger partial charge on any atom is -0.388 e. The van der Waals surface area contributed by atoms with Crippen LogP contribution in [0.15, 0.2) is 18.2 Å². The van der Waals surface area contributed by atoms with Gasteiger partial charge in [0.05, 0.1) is 6.10 Å². The van der Waals surface area contributed by atoms with Gasteiger partial charge < -0.3 is 10.4 Å². The average molecular weight is 201 g/mol. The lowest BCUT2D eigenvalue weighted by molar-refractivity contribution is 0.170. The lowest BCUT2D eigenvalue weighted by atomic mass is 10.0. The van der Waals surface area contributed by atoms with Crippen LogP contribution in [0.25, 0.3) is 0 Å². The summed E-state index contributed by atoms with van der Waals surface area (Å²) in [5, 5.41) is 13.3. The van der Waals surface area contributed by atoms with E-state index >= 15 is 0 Å². The third-order valence-electron chi connectivity index (χ3n) is 2.80. The van der Waals surface area contributed by atoms with Crippen molar-refractivity contribution in [3.63, 3.8) is 0 Å². The molecule has 0 saturated heterocycles. The molecule has 1 unspecified atom stereocenters. The molecule has 0 spiro atoms. The number of hydrogen-bond donors (Lipinski definition) is 2. The number of anilines is 1. The van der Waals surface area contributed by atoms with E-state index in [9.17, 15) is 5.11 Å². The number of fused-ring (bicyclic) bond motifs is 1. The highest BCUT2D eigenvalue weighted by molar-refractivity contribution is 5.61. The van der Waals surface area contributed by atoms with Gasteiger partial charge in [0.2, 0.25) is 0 Å². The molecule has 2 heteroatoms. The number of para-hydroxylation sites is 1. The predicted octanol–water partition coefficient (Wildman–Crippen LogP) is 2.10. The van der Waals surface area contributed by atoms with E-state index in [0.717, 1.165) is 24.2 Å². The highest BCUT2D eigenvalue weighted by Crippen LogP contribution is 2.32. The number of terminal acetylenes is 1. The first-order chi connectivity index (χ1) is 7.33. The molecule has 0 aromatic heterocycles. The monoisotopic (exact) mass is 201 g/mol. The Balaban J connectivity index is 2.21. The third-order valence-corrected chi connectivity index (χ3v) is 2.80. The second-order valence-corrected chi connectivity index (χ2v) is 3.82. The molecule has 0 fully saturated rings. The molecule has 0 bridgehead atoms. The number of aliphatic hydroxyl groups is 1. The molecule has 1 aliphatic heterocycles. The van der Waals surface area contributed by atoms with Crippen LogP contribution in [-0.2, 0) is 6.42 Å². The van der Waals surface area contributed by atoms with Crippen LogP contribution in [0.4, 0.5) is 5.69 Å². The fraction of sp³-hybridized carbons (Fsp3) is 0.385. The Hall–Kier alpha value is -1.46. The molecular weight excluding hydrogens is 186 g/mol. The Morgan fingerprint density at radius 3 is 3.20 bits per heavy atom. The van der Waals surface area contributed by atoms with Gasteiger partial charge in [-0.1, -0.05) is 18.2 Å². The summed E-state index contributed by atoms with van der Waals surface area (Å²) in [5.74, 6) is 2.56. The van der Waals surface area contributed by atoms with E-state index in [4.69, 9.17) is 6.42 Å². The first-order valence-corrected chi connectivity index (χ1v) is 5.30. The maximum Gasteiger partial charge on any atom is 0.0819 e. The van der Waals surface area contributed by atoms with Crippen LogP contribution in [-0.4, -0.2) is 11.7 Å². The van der Waals surface area contributed by atoms with E-state index in [1.807, 2.05) is 12.1 Å². The van der Waals surface area contributed by atoms with Crippen LogP contribution in [0.1, 0.15) is 30.1 Å². The largest absolute Gasteiger partial charge is 0.388 e. The van der Waals surface area contributed by atoms with Crippen molar-refractivity contribution in [3.8, 4) is 12.3 Å². The van der Waals surface area contributed by atoms with Crippen molar-refractivity contribution < 1.29 is 5.11 Å². The number of hydrogen-bond acceptors (Lipinski definition) is 2. The summed E-state index contributed by atoms with van der Waals surface area (Å²) in [7, 11) is 0. The summed E-state index contributed by atoms with van der Waals surface area (Å²) < 4.78 is 0. The van der Waals surface area contributed by atoms with Gasteiger partial charge in [-0.3, -0.25) is 0 Å². The van der Waals surface area contributed by atoms with E-state index in [2.05, 4.69) is 17.3 Å². The van der Waals surface area contributed by atoms with E-state index in [0.29, 0.717) is 12.8 Å². The first kappa shape index (κ1) is 10.1. The van der Waals surface area contributed by atoms with Crippen LogP contribution < -0.4 is 5.32 Å². The zero-order valence-corrected chi connectivity index (χ0v) is 8.66. The molecule has 1 aromatic rings. The van der Waals surface area contributed by atoms with Crippen LogP contribution in [0.3, 0.4) is 0 Å². The molecule has 2 N–H and O–H groups in total. The highest BCUT2D eigenvalue weighted by Gasteiger charge is 2.17. The summed E-state index contributed by atoms with van der Waals surface area (Å²) in [5.41, 5.74) is 3.40. The molecule has 1 aromatic carbocycles. The molecule has 0 radical (unpaired) electrons. The summed E-state index contributed by atoms with van der Waals surface area (Å²) in [6, 6.07) is 6.07. The normalized spacial score (nSPS) is 15.2. The van der Waals surface area contributed by atoms with Crippen molar-refractivity contribution in [2.45, 2.75) is 25.4 Å². The minimum absolute atomic E-state index is 0.443. The number of rotatable bonds is 3. The first-order valence-electron chi connectivity index (χ1n) is 5.30. The Bertz CT molecular complexity index is 392. The van der Waals surface area contributed by atoms with Gasteiger partial charge >= 0.3 is 0 Å². The Labute approximate surface area is 90.3 Å². The van der Waals surface area contributed by atoms with E-state index in [1.54, 1.807) is 0 Å². The molecular formula is C13H15NO. The molecule has 1 aliphatic rings. The average Bonchev–Trinajstić information content (AvgIpc) is 2.73. The molecule has 0 saturated carbocycles. The topological polar surface area (TPSA) is 32.3 Å². The van der Waals surface area contributed by atoms with Crippen LogP contribution in [0, 0.1) is 12.3 Å². The van der Waals surface area contributed by atoms with E-state index in [-0.39, 0.29) is 0 Å². The van der Waals surface area contributed by atoms with E-state index in [1.165, 1.54) is 5.56 Å². The van der Waals surface area contributed by atoms with Gasteiger partial charge in [0.1, 0.15) is 0 Å². The minimum atomic E-state index is -0.443.